The number of pyridine rings is 1. The summed E-state index contributed by atoms with van der Waals surface area (Å²) in [6.07, 6.45) is -3.02. The Hall–Kier alpha value is -3.91. The Kier molecular flexibility index (Phi) is 5.71. The Balaban J connectivity index is 1.62. The van der Waals surface area contributed by atoms with Gasteiger partial charge in [0.2, 0.25) is 0 Å². The Morgan fingerprint density at radius 2 is 1.78 bits per heavy atom. The number of imidazole rings is 1. The maximum absolute atomic E-state index is 13.6. The number of hydrogen-bond donors (Lipinski definition) is 0. The fraction of sp³-hybridized carbons (Fsp3) is 0.320. The van der Waals surface area contributed by atoms with Crippen molar-refractivity contribution < 1.29 is 22.4 Å². The molecule has 4 heterocycles. The second-order valence-electron chi connectivity index (χ2n) is 9.02. The molecular weight excluding hydrogens is 478 g/mol. The van der Waals surface area contributed by atoms with Gasteiger partial charge in [-0.2, -0.15) is 13.2 Å². The van der Waals surface area contributed by atoms with Crippen molar-refractivity contribution >= 4 is 17.1 Å². The summed E-state index contributed by atoms with van der Waals surface area (Å²) in [4.78, 5) is 33.3. The van der Waals surface area contributed by atoms with Crippen molar-refractivity contribution in [2.45, 2.75) is 12.2 Å². The minimum atomic E-state index is -4.52. The van der Waals surface area contributed by atoms with Crippen LogP contribution in [-0.2, 0) is 11.0 Å². The Labute approximate surface area is 203 Å². The summed E-state index contributed by atoms with van der Waals surface area (Å²) >= 11 is 0. The van der Waals surface area contributed by atoms with Gasteiger partial charge in [0.1, 0.15) is 5.52 Å². The number of aromatic nitrogens is 3. The molecule has 36 heavy (non-hydrogen) atoms. The van der Waals surface area contributed by atoms with Crippen LogP contribution >= 0.6 is 0 Å². The van der Waals surface area contributed by atoms with Gasteiger partial charge in [-0.25, -0.2) is 18.7 Å². The van der Waals surface area contributed by atoms with Gasteiger partial charge in [0.25, 0.3) is 5.91 Å². The molecule has 5 rings (SSSR count). The molecule has 0 unspecified atom stereocenters. The van der Waals surface area contributed by atoms with Crippen molar-refractivity contribution in [3.05, 3.63) is 70.5 Å². The summed E-state index contributed by atoms with van der Waals surface area (Å²) in [6.45, 7) is 4.82. The van der Waals surface area contributed by atoms with E-state index in [1.54, 1.807) is 6.07 Å². The van der Waals surface area contributed by atoms with Gasteiger partial charge in [-0.15, -0.1) is 0 Å². The largest absolute Gasteiger partial charge is 0.416 e. The van der Waals surface area contributed by atoms with Crippen LogP contribution in [0.25, 0.3) is 16.9 Å². The molecule has 2 aromatic heterocycles. The molecule has 2 aliphatic rings. The molecule has 11 heteroatoms. The molecule has 2 fully saturated rings. The monoisotopic (exact) mass is 499 g/mol. The van der Waals surface area contributed by atoms with Gasteiger partial charge in [0.15, 0.2) is 11.5 Å². The third-order valence-electron chi connectivity index (χ3n) is 6.43. The number of alkyl halides is 3. The molecule has 7 nitrogen and oxygen atoms in total. The molecule has 0 N–H and O–H groups in total. The van der Waals surface area contributed by atoms with Crippen molar-refractivity contribution in [1.29, 1.82) is 0 Å². The zero-order chi connectivity index (χ0) is 25.8. The van der Waals surface area contributed by atoms with Gasteiger partial charge in [-0.3, -0.25) is 9.36 Å². The van der Waals surface area contributed by atoms with E-state index >= 15 is 0 Å². The summed E-state index contributed by atoms with van der Waals surface area (Å²) in [5, 5.41) is 0. The van der Waals surface area contributed by atoms with Crippen molar-refractivity contribution in [3.63, 3.8) is 0 Å². The zero-order valence-electron chi connectivity index (χ0n) is 19.2. The first kappa shape index (κ1) is 23.8. The number of amides is 1. The predicted molar refractivity (Wildman–Crippen MR) is 124 cm³/mol. The first-order chi connectivity index (χ1) is 17.0. The number of hydrogen-bond acceptors (Lipinski definition) is 4. The Bertz CT molecular complexity index is 1480. The van der Waals surface area contributed by atoms with Crippen LogP contribution in [0.15, 0.2) is 53.7 Å². The van der Waals surface area contributed by atoms with Crippen LogP contribution < -0.4 is 5.69 Å². The molecule has 186 valence electrons. The van der Waals surface area contributed by atoms with E-state index < -0.39 is 35.2 Å². The quantitative estimate of drug-likeness (QED) is 0.316. The Morgan fingerprint density at radius 1 is 1.11 bits per heavy atom. The topological polar surface area (TPSA) is 63.4 Å². The third-order valence-corrected chi connectivity index (χ3v) is 6.43. The van der Waals surface area contributed by atoms with E-state index in [1.165, 1.54) is 32.4 Å². The number of halogens is 4. The molecule has 0 bridgehead atoms. The van der Waals surface area contributed by atoms with E-state index in [2.05, 4.69) is 28.3 Å². The summed E-state index contributed by atoms with van der Waals surface area (Å²) < 4.78 is 55.2. The molecule has 0 spiro atoms. The SMILES string of the molecule is C=C(F)C(=O)N1CC(n2c(=O)n(-c3ccc(C(F)(F)F)cc3)c3nccc(C#CC4CN(C)C4)c32)C1. The van der Waals surface area contributed by atoms with Crippen LogP contribution in [0.3, 0.4) is 0 Å². The van der Waals surface area contributed by atoms with Crippen LogP contribution in [0.2, 0.25) is 0 Å². The zero-order valence-corrected chi connectivity index (χ0v) is 19.2. The lowest BCUT2D eigenvalue weighted by atomic mass is 10.0. The van der Waals surface area contributed by atoms with Crippen molar-refractivity contribution in [2.24, 2.45) is 5.92 Å². The number of nitrogens with zero attached hydrogens (tertiary/aromatic N) is 5. The normalized spacial score (nSPS) is 16.9. The van der Waals surface area contributed by atoms with E-state index in [9.17, 15) is 27.2 Å². The first-order valence-corrected chi connectivity index (χ1v) is 11.2. The molecule has 0 radical (unpaired) electrons. The number of fused-ring (bicyclic) bond motifs is 1. The fourth-order valence-corrected chi connectivity index (χ4v) is 4.54. The van der Waals surface area contributed by atoms with Gasteiger partial charge in [0, 0.05) is 38.3 Å². The summed E-state index contributed by atoms with van der Waals surface area (Å²) in [5.41, 5.74) is 0.0192. The van der Waals surface area contributed by atoms with Gasteiger partial charge < -0.3 is 9.80 Å². The maximum atomic E-state index is 13.6. The second-order valence-corrected chi connectivity index (χ2v) is 9.02. The lowest BCUT2D eigenvalue weighted by molar-refractivity contribution is -0.137. The highest BCUT2D eigenvalue weighted by Crippen LogP contribution is 2.31. The van der Waals surface area contributed by atoms with E-state index in [4.69, 9.17) is 0 Å². The van der Waals surface area contributed by atoms with E-state index in [0.717, 1.165) is 25.2 Å². The maximum Gasteiger partial charge on any atom is 0.416 e. The third kappa shape index (κ3) is 4.07. The fourth-order valence-electron chi connectivity index (χ4n) is 4.54. The number of carbonyl (C=O) groups excluding carboxylic acids is 1. The average molecular weight is 499 g/mol. The smallest absolute Gasteiger partial charge is 0.332 e. The van der Waals surface area contributed by atoms with Gasteiger partial charge in [-0.05, 0) is 37.4 Å². The molecule has 2 aliphatic heterocycles. The number of benzene rings is 1. The van der Waals surface area contributed by atoms with Crippen molar-refractivity contribution in [2.75, 3.05) is 33.2 Å². The number of carbonyl (C=O) groups is 1. The van der Waals surface area contributed by atoms with Gasteiger partial charge in [0.05, 0.1) is 22.9 Å². The molecule has 3 aromatic rings. The minimum absolute atomic E-state index is 0.0724. The van der Waals surface area contributed by atoms with E-state index in [-0.39, 0.29) is 30.3 Å². The van der Waals surface area contributed by atoms with E-state index in [0.29, 0.717) is 11.1 Å². The highest BCUT2D eigenvalue weighted by Gasteiger charge is 2.37. The summed E-state index contributed by atoms with van der Waals surface area (Å²) in [5.74, 6) is 4.58. The predicted octanol–water partition coefficient (Wildman–Crippen LogP) is 2.99. The number of rotatable bonds is 3. The number of likely N-dealkylation sites (tertiary alicyclic amines) is 2. The lowest BCUT2D eigenvalue weighted by Crippen LogP contribution is -2.52. The molecule has 0 aliphatic carbocycles. The summed E-state index contributed by atoms with van der Waals surface area (Å²) in [6, 6.07) is 5.41. The molecule has 2 saturated heterocycles. The highest BCUT2D eigenvalue weighted by molar-refractivity contribution is 5.91. The molecule has 0 atom stereocenters. The van der Waals surface area contributed by atoms with E-state index in [1.807, 2.05) is 7.05 Å². The van der Waals surface area contributed by atoms with Crippen molar-refractivity contribution in [3.8, 4) is 17.5 Å². The Morgan fingerprint density at radius 3 is 2.36 bits per heavy atom. The summed E-state index contributed by atoms with van der Waals surface area (Å²) in [7, 11) is 1.99. The standard InChI is InChI=1S/C25H21F4N5O2/c1-15(26)23(35)32-13-20(14-32)33-21-17(4-3-16-11-31(2)12-16)9-10-30-22(21)34(24(33)36)19-7-5-18(6-8-19)25(27,28)29/h5-10,16,20H,1,11-14H2,2H3. The molecule has 1 amide bonds. The molecule has 0 saturated carbocycles. The lowest BCUT2D eigenvalue weighted by Gasteiger charge is -2.39. The van der Waals surface area contributed by atoms with Crippen LogP contribution in [0.5, 0.6) is 0 Å². The molecule has 1 aromatic carbocycles. The van der Waals surface area contributed by atoms with Crippen LogP contribution in [0.1, 0.15) is 17.2 Å². The van der Waals surface area contributed by atoms with Crippen LogP contribution in [0, 0.1) is 17.8 Å². The van der Waals surface area contributed by atoms with Gasteiger partial charge in [-0.1, -0.05) is 18.4 Å². The minimum Gasteiger partial charge on any atom is -0.332 e. The van der Waals surface area contributed by atoms with Crippen molar-refractivity contribution in [1.82, 2.24) is 23.9 Å². The second kappa shape index (κ2) is 8.64. The molecular formula is C25H21F4N5O2. The van der Waals surface area contributed by atoms with Crippen LogP contribution in [-0.4, -0.2) is 63.1 Å². The van der Waals surface area contributed by atoms with Crippen LogP contribution in [0.4, 0.5) is 17.6 Å². The highest BCUT2D eigenvalue weighted by atomic mass is 19.4. The van der Waals surface area contributed by atoms with Gasteiger partial charge >= 0.3 is 11.9 Å². The average Bonchev–Trinajstić information content (AvgIpc) is 3.06. The first-order valence-electron chi connectivity index (χ1n) is 11.2.